The lowest BCUT2D eigenvalue weighted by molar-refractivity contribution is 0.399. The molecule has 0 aliphatic heterocycles. The Bertz CT molecular complexity index is 500. The first-order chi connectivity index (χ1) is 8.59. The maximum absolute atomic E-state index is 3.63. The van der Waals surface area contributed by atoms with Gasteiger partial charge < -0.3 is 5.32 Å². The van der Waals surface area contributed by atoms with Crippen LogP contribution in [0, 0.1) is 6.92 Å². The Morgan fingerprint density at radius 2 is 1.50 bits per heavy atom. The van der Waals surface area contributed by atoms with Gasteiger partial charge in [-0.2, -0.15) is 0 Å². The minimum Gasteiger partial charge on any atom is -0.304 e. The zero-order valence-corrected chi connectivity index (χ0v) is 11.4. The van der Waals surface area contributed by atoms with Gasteiger partial charge in [-0.3, -0.25) is 0 Å². The number of hydrogen-bond acceptors (Lipinski definition) is 1. The summed E-state index contributed by atoms with van der Waals surface area (Å²) in [6, 6.07) is 19.1. The molecule has 0 spiro atoms. The van der Waals surface area contributed by atoms with E-state index in [0.29, 0.717) is 0 Å². The molecule has 0 saturated heterocycles. The molecule has 0 atom stereocenters. The van der Waals surface area contributed by atoms with Crippen LogP contribution in [0.2, 0.25) is 0 Å². The van der Waals surface area contributed by atoms with E-state index < -0.39 is 0 Å². The monoisotopic (exact) mass is 239 g/mol. The number of rotatable bonds is 4. The molecule has 0 heterocycles. The van der Waals surface area contributed by atoms with E-state index in [0.717, 1.165) is 6.54 Å². The van der Waals surface area contributed by atoms with Gasteiger partial charge in [0.1, 0.15) is 0 Å². The van der Waals surface area contributed by atoms with Gasteiger partial charge in [0.05, 0.1) is 0 Å². The summed E-state index contributed by atoms with van der Waals surface area (Å²) in [5, 5.41) is 3.63. The van der Waals surface area contributed by atoms with E-state index in [4.69, 9.17) is 0 Å². The molecule has 0 saturated carbocycles. The Kier molecular flexibility index (Phi) is 3.83. The molecule has 2 aromatic carbocycles. The molecule has 2 rings (SSSR count). The van der Waals surface area contributed by atoms with Crippen molar-refractivity contribution in [1.82, 2.24) is 5.32 Å². The summed E-state index contributed by atoms with van der Waals surface area (Å²) in [6.45, 7) is 7.53. The quantitative estimate of drug-likeness (QED) is 0.849. The third-order valence-electron chi connectivity index (χ3n) is 3.40. The summed E-state index contributed by atoms with van der Waals surface area (Å²) in [5.41, 5.74) is 4.00. The van der Waals surface area contributed by atoms with Gasteiger partial charge in [0.2, 0.25) is 0 Å². The summed E-state index contributed by atoms with van der Waals surface area (Å²) < 4.78 is 0. The van der Waals surface area contributed by atoms with Crippen LogP contribution in [0.25, 0.3) is 0 Å². The van der Waals surface area contributed by atoms with E-state index in [-0.39, 0.29) is 5.54 Å². The SMILES string of the molecule is Cc1ccccc1C(C)(C)NCc1ccccc1. The highest BCUT2D eigenvalue weighted by molar-refractivity contribution is 5.31. The van der Waals surface area contributed by atoms with Crippen molar-refractivity contribution in [2.75, 3.05) is 0 Å². The third-order valence-corrected chi connectivity index (χ3v) is 3.40. The highest BCUT2D eigenvalue weighted by Crippen LogP contribution is 2.23. The summed E-state index contributed by atoms with van der Waals surface area (Å²) in [7, 11) is 0. The van der Waals surface area contributed by atoms with E-state index in [9.17, 15) is 0 Å². The van der Waals surface area contributed by atoms with Crippen LogP contribution < -0.4 is 5.32 Å². The summed E-state index contributed by atoms with van der Waals surface area (Å²) in [6.07, 6.45) is 0. The first kappa shape index (κ1) is 12.8. The van der Waals surface area contributed by atoms with Crippen LogP contribution in [-0.2, 0) is 12.1 Å². The maximum atomic E-state index is 3.63. The maximum Gasteiger partial charge on any atom is 0.0382 e. The van der Waals surface area contributed by atoms with Crippen molar-refractivity contribution in [3.63, 3.8) is 0 Å². The number of benzene rings is 2. The van der Waals surface area contributed by atoms with Crippen LogP contribution >= 0.6 is 0 Å². The fourth-order valence-electron chi connectivity index (χ4n) is 2.29. The molecule has 1 nitrogen and oxygen atoms in total. The molecule has 1 N–H and O–H groups in total. The van der Waals surface area contributed by atoms with Gasteiger partial charge >= 0.3 is 0 Å². The molecule has 0 aromatic heterocycles. The van der Waals surface area contributed by atoms with Gasteiger partial charge in [0.25, 0.3) is 0 Å². The first-order valence-corrected chi connectivity index (χ1v) is 6.45. The van der Waals surface area contributed by atoms with E-state index in [1.807, 2.05) is 0 Å². The first-order valence-electron chi connectivity index (χ1n) is 6.45. The standard InChI is InChI=1S/C17H21N/c1-14-9-7-8-12-16(14)17(2,3)18-13-15-10-5-4-6-11-15/h4-12,18H,13H2,1-3H3. The van der Waals surface area contributed by atoms with Crippen molar-refractivity contribution in [2.45, 2.75) is 32.9 Å². The molecular weight excluding hydrogens is 218 g/mol. The molecule has 0 radical (unpaired) electrons. The molecule has 2 aromatic rings. The van der Waals surface area contributed by atoms with Crippen LogP contribution in [-0.4, -0.2) is 0 Å². The largest absolute Gasteiger partial charge is 0.304 e. The smallest absolute Gasteiger partial charge is 0.0382 e. The second-order valence-corrected chi connectivity index (χ2v) is 5.28. The lowest BCUT2D eigenvalue weighted by Gasteiger charge is -2.29. The van der Waals surface area contributed by atoms with Crippen LogP contribution in [0.15, 0.2) is 54.6 Å². The molecule has 1 heteroatoms. The van der Waals surface area contributed by atoms with Gasteiger partial charge in [-0.15, -0.1) is 0 Å². The number of nitrogens with one attached hydrogen (secondary N) is 1. The normalized spacial score (nSPS) is 11.5. The second kappa shape index (κ2) is 5.36. The van der Waals surface area contributed by atoms with Crippen molar-refractivity contribution < 1.29 is 0 Å². The van der Waals surface area contributed by atoms with E-state index in [1.165, 1.54) is 16.7 Å². The average Bonchev–Trinajstić information content (AvgIpc) is 2.38. The van der Waals surface area contributed by atoms with Crippen molar-refractivity contribution in [3.8, 4) is 0 Å². The molecule has 0 aliphatic rings. The highest BCUT2D eigenvalue weighted by Gasteiger charge is 2.20. The Hall–Kier alpha value is -1.60. The zero-order chi connectivity index (χ0) is 13.0. The minimum absolute atomic E-state index is 0.0127. The fourth-order valence-corrected chi connectivity index (χ4v) is 2.29. The highest BCUT2D eigenvalue weighted by atomic mass is 15.0. The summed E-state index contributed by atoms with van der Waals surface area (Å²) in [4.78, 5) is 0. The third kappa shape index (κ3) is 2.99. The van der Waals surface area contributed by atoms with Gasteiger partial charge in [0, 0.05) is 12.1 Å². The summed E-state index contributed by atoms with van der Waals surface area (Å²) >= 11 is 0. The van der Waals surface area contributed by atoms with Gasteiger partial charge in [-0.1, -0.05) is 54.6 Å². The molecule has 0 amide bonds. The predicted octanol–water partition coefficient (Wildman–Crippen LogP) is 4.02. The molecule has 18 heavy (non-hydrogen) atoms. The van der Waals surface area contributed by atoms with Crippen molar-refractivity contribution >= 4 is 0 Å². The van der Waals surface area contributed by atoms with Gasteiger partial charge in [-0.05, 0) is 37.5 Å². The molecule has 0 bridgehead atoms. The molecule has 0 unspecified atom stereocenters. The van der Waals surface area contributed by atoms with E-state index in [1.54, 1.807) is 0 Å². The van der Waals surface area contributed by atoms with Crippen LogP contribution in [0.1, 0.15) is 30.5 Å². The number of aryl methyl sites for hydroxylation is 1. The Balaban J connectivity index is 2.11. The van der Waals surface area contributed by atoms with Crippen molar-refractivity contribution in [3.05, 3.63) is 71.3 Å². The molecular formula is C17H21N. The fraction of sp³-hybridized carbons (Fsp3) is 0.294. The molecule has 0 aliphatic carbocycles. The van der Waals surface area contributed by atoms with Crippen molar-refractivity contribution in [2.24, 2.45) is 0 Å². The Morgan fingerprint density at radius 1 is 0.889 bits per heavy atom. The lowest BCUT2D eigenvalue weighted by Crippen LogP contribution is -2.36. The summed E-state index contributed by atoms with van der Waals surface area (Å²) in [5.74, 6) is 0. The van der Waals surface area contributed by atoms with Gasteiger partial charge in [-0.25, -0.2) is 0 Å². The molecule has 94 valence electrons. The Morgan fingerprint density at radius 3 is 2.17 bits per heavy atom. The lowest BCUT2D eigenvalue weighted by atomic mass is 9.90. The van der Waals surface area contributed by atoms with E-state index in [2.05, 4.69) is 80.7 Å². The van der Waals surface area contributed by atoms with E-state index >= 15 is 0 Å². The minimum atomic E-state index is -0.0127. The zero-order valence-electron chi connectivity index (χ0n) is 11.4. The predicted molar refractivity (Wildman–Crippen MR) is 77.5 cm³/mol. The van der Waals surface area contributed by atoms with Crippen LogP contribution in [0.5, 0.6) is 0 Å². The van der Waals surface area contributed by atoms with Crippen molar-refractivity contribution in [1.29, 1.82) is 0 Å². The topological polar surface area (TPSA) is 12.0 Å². The second-order valence-electron chi connectivity index (χ2n) is 5.28. The molecule has 0 fully saturated rings. The number of hydrogen-bond donors (Lipinski definition) is 1. The average molecular weight is 239 g/mol. The van der Waals surface area contributed by atoms with Crippen LogP contribution in [0.3, 0.4) is 0 Å². The Labute approximate surface area is 110 Å². The van der Waals surface area contributed by atoms with Crippen LogP contribution in [0.4, 0.5) is 0 Å². The van der Waals surface area contributed by atoms with Gasteiger partial charge in [0.15, 0.2) is 0 Å².